The Bertz CT molecular complexity index is 315. The van der Waals surface area contributed by atoms with Crippen LogP contribution >= 0.6 is 11.8 Å². The molecule has 0 aliphatic rings. The lowest BCUT2D eigenvalue weighted by atomic mass is 10.1. The van der Waals surface area contributed by atoms with Gasteiger partial charge in [-0.3, -0.25) is 0 Å². The van der Waals surface area contributed by atoms with Crippen LogP contribution < -0.4 is 5.73 Å². The van der Waals surface area contributed by atoms with Crippen molar-refractivity contribution in [2.24, 2.45) is 5.73 Å². The number of benzene rings is 1. The van der Waals surface area contributed by atoms with Gasteiger partial charge in [0.1, 0.15) is 0 Å². The van der Waals surface area contributed by atoms with Gasteiger partial charge in [-0.1, -0.05) is 19.1 Å². The second-order valence-corrected chi connectivity index (χ2v) is 5.58. The quantitative estimate of drug-likeness (QED) is 0.774. The maximum absolute atomic E-state index is 5.86. The smallest absolute Gasteiger partial charge is 0.0472 e. The van der Waals surface area contributed by atoms with E-state index < -0.39 is 0 Å². The minimum absolute atomic E-state index is 0.106. The molecule has 0 aliphatic carbocycles. The summed E-state index contributed by atoms with van der Waals surface area (Å²) in [6.45, 7) is 5.06. The minimum Gasteiger partial charge on any atom is -0.385 e. The summed E-state index contributed by atoms with van der Waals surface area (Å²) in [5.41, 5.74) is 7.06. The normalized spacial score (nSPS) is 14.8. The van der Waals surface area contributed by atoms with Crippen LogP contribution in [0.3, 0.4) is 0 Å². The van der Waals surface area contributed by atoms with Crippen LogP contribution in [-0.2, 0) is 4.74 Å². The van der Waals surface area contributed by atoms with E-state index in [1.54, 1.807) is 7.11 Å². The molecule has 0 fully saturated rings. The summed E-state index contributed by atoms with van der Waals surface area (Å²) in [6.07, 6.45) is 1.07. The molecule has 0 amide bonds. The lowest BCUT2D eigenvalue weighted by Crippen LogP contribution is -2.05. The molecule has 1 aromatic carbocycles. The fourth-order valence-electron chi connectivity index (χ4n) is 1.45. The Hall–Kier alpha value is -0.510. The summed E-state index contributed by atoms with van der Waals surface area (Å²) in [4.78, 5) is 1.29. The van der Waals surface area contributed by atoms with Crippen molar-refractivity contribution in [3.05, 3.63) is 29.8 Å². The summed E-state index contributed by atoms with van der Waals surface area (Å²) in [5.74, 6) is 0. The molecule has 2 unspecified atom stereocenters. The molecule has 16 heavy (non-hydrogen) atoms. The van der Waals surface area contributed by atoms with E-state index in [9.17, 15) is 0 Å². The molecule has 0 aliphatic heterocycles. The highest BCUT2D eigenvalue weighted by Gasteiger charge is 2.06. The molecule has 0 aromatic heterocycles. The van der Waals surface area contributed by atoms with Crippen molar-refractivity contribution in [3.8, 4) is 0 Å². The van der Waals surface area contributed by atoms with Gasteiger partial charge in [-0.2, -0.15) is 0 Å². The third kappa shape index (κ3) is 4.56. The number of rotatable bonds is 6. The Morgan fingerprint density at radius 2 is 2.12 bits per heavy atom. The highest BCUT2D eigenvalue weighted by Crippen LogP contribution is 2.26. The topological polar surface area (TPSA) is 35.2 Å². The third-order valence-corrected chi connectivity index (χ3v) is 3.61. The van der Waals surface area contributed by atoms with Crippen LogP contribution in [0.2, 0.25) is 0 Å². The molecule has 2 atom stereocenters. The van der Waals surface area contributed by atoms with Crippen LogP contribution in [0.1, 0.15) is 31.9 Å². The highest BCUT2D eigenvalue weighted by atomic mass is 32.2. The predicted octanol–water partition coefficient (Wildman–Crippen LogP) is 3.22. The number of hydrogen-bond donors (Lipinski definition) is 1. The molecule has 0 bridgehead atoms. The first-order valence-electron chi connectivity index (χ1n) is 5.64. The number of methoxy groups -OCH3 is 1. The van der Waals surface area contributed by atoms with Gasteiger partial charge in [-0.15, -0.1) is 11.8 Å². The number of nitrogens with two attached hydrogens (primary N) is 1. The van der Waals surface area contributed by atoms with Gasteiger partial charge in [-0.25, -0.2) is 0 Å². The average Bonchev–Trinajstić information content (AvgIpc) is 2.26. The fraction of sp³-hybridized carbons (Fsp3) is 0.538. The molecule has 0 heterocycles. The predicted molar refractivity (Wildman–Crippen MR) is 70.9 cm³/mol. The van der Waals surface area contributed by atoms with Crippen LogP contribution in [0.15, 0.2) is 29.2 Å². The van der Waals surface area contributed by atoms with E-state index in [0.29, 0.717) is 5.25 Å². The Labute approximate surface area is 103 Å². The summed E-state index contributed by atoms with van der Waals surface area (Å²) >= 11 is 1.88. The van der Waals surface area contributed by atoms with Crippen LogP contribution in [0.4, 0.5) is 0 Å². The Morgan fingerprint density at radius 3 is 2.75 bits per heavy atom. The lowest BCUT2D eigenvalue weighted by molar-refractivity contribution is 0.195. The first-order chi connectivity index (χ1) is 7.63. The van der Waals surface area contributed by atoms with Crippen molar-refractivity contribution in [2.45, 2.75) is 36.5 Å². The summed E-state index contributed by atoms with van der Waals surface area (Å²) < 4.78 is 5.08. The van der Waals surface area contributed by atoms with Crippen LogP contribution in [0, 0.1) is 0 Å². The van der Waals surface area contributed by atoms with E-state index in [4.69, 9.17) is 10.5 Å². The van der Waals surface area contributed by atoms with Gasteiger partial charge >= 0.3 is 0 Å². The molecule has 0 spiro atoms. The molecule has 0 radical (unpaired) electrons. The van der Waals surface area contributed by atoms with E-state index in [-0.39, 0.29) is 6.04 Å². The first kappa shape index (κ1) is 13.6. The summed E-state index contributed by atoms with van der Waals surface area (Å²) in [5, 5.41) is 0.572. The number of thioether (sulfide) groups is 1. The van der Waals surface area contributed by atoms with Gasteiger partial charge in [0.05, 0.1) is 0 Å². The molecule has 0 saturated carbocycles. The molecule has 90 valence electrons. The van der Waals surface area contributed by atoms with E-state index in [2.05, 4.69) is 31.2 Å². The number of hydrogen-bond acceptors (Lipinski definition) is 3. The van der Waals surface area contributed by atoms with Crippen molar-refractivity contribution in [3.63, 3.8) is 0 Å². The van der Waals surface area contributed by atoms with Crippen molar-refractivity contribution in [1.29, 1.82) is 0 Å². The monoisotopic (exact) mass is 239 g/mol. The van der Waals surface area contributed by atoms with Gasteiger partial charge in [0.25, 0.3) is 0 Å². The fourth-order valence-corrected chi connectivity index (χ4v) is 2.49. The van der Waals surface area contributed by atoms with Crippen molar-refractivity contribution in [2.75, 3.05) is 13.7 Å². The SMILES string of the molecule is COCCC(C)Sc1cccc(C(C)N)c1. The van der Waals surface area contributed by atoms with Gasteiger partial charge in [0, 0.05) is 29.9 Å². The molecular weight excluding hydrogens is 218 g/mol. The second-order valence-electron chi connectivity index (χ2n) is 4.07. The van der Waals surface area contributed by atoms with Gasteiger partial charge in [0.2, 0.25) is 0 Å². The molecule has 2 nitrogen and oxygen atoms in total. The van der Waals surface area contributed by atoms with Crippen molar-refractivity contribution in [1.82, 2.24) is 0 Å². The van der Waals surface area contributed by atoms with E-state index in [0.717, 1.165) is 13.0 Å². The van der Waals surface area contributed by atoms with Crippen LogP contribution in [-0.4, -0.2) is 19.0 Å². The Kier molecular flexibility index (Phi) is 5.88. The maximum atomic E-state index is 5.86. The standard InChI is InChI=1S/C13H21NOS/c1-10(7-8-15-3)16-13-6-4-5-12(9-13)11(2)14/h4-6,9-11H,7-8,14H2,1-3H3. The zero-order valence-corrected chi connectivity index (χ0v) is 11.1. The molecule has 3 heteroatoms. The van der Waals surface area contributed by atoms with Gasteiger partial charge in [0.15, 0.2) is 0 Å². The Morgan fingerprint density at radius 1 is 1.38 bits per heavy atom. The van der Waals surface area contributed by atoms with Crippen molar-refractivity contribution >= 4 is 11.8 Å². The molecule has 1 rings (SSSR count). The van der Waals surface area contributed by atoms with E-state index in [1.807, 2.05) is 18.7 Å². The molecule has 2 N–H and O–H groups in total. The first-order valence-corrected chi connectivity index (χ1v) is 6.52. The van der Waals surface area contributed by atoms with Crippen LogP contribution in [0.25, 0.3) is 0 Å². The molecule has 1 aromatic rings. The number of ether oxygens (including phenoxy) is 1. The zero-order chi connectivity index (χ0) is 12.0. The zero-order valence-electron chi connectivity index (χ0n) is 10.3. The lowest BCUT2D eigenvalue weighted by Gasteiger charge is -2.12. The average molecular weight is 239 g/mol. The van der Waals surface area contributed by atoms with Gasteiger partial charge < -0.3 is 10.5 Å². The highest BCUT2D eigenvalue weighted by molar-refractivity contribution is 7.99. The van der Waals surface area contributed by atoms with E-state index >= 15 is 0 Å². The van der Waals surface area contributed by atoms with Gasteiger partial charge in [-0.05, 0) is 31.0 Å². The Balaban J connectivity index is 2.56. The van der Waals surface area contributed by atoms with E-state index in [1.165, 1.54) is 10.5 Å². The second kappa shape index (κ2) is 6.94. The largest absolute Gasteiger partial charge is 0.385 e. The van der Waals surface area contributed by atoms with Crippen LogP contribution in [0.5, 0.6) is 0 Å². The molecular formula is C13H21NOS. The molecule has 0 saturated heterocycles. The third-order valence-electron chi connectivity index (χ3n) is 2.45. The maximum Gasteiger partial charge on any atom is 0.0472 e. The summed E-state index contributed by atoms with van der Waals surface area (Å²) in [7, 11) is 1.74. The minimum atomic E-state index is 0.106. The summed E-state index contributed by atoms with van der Waals surface area (Å²) in [6, 6.07) is 8.58. The van der Waals surface area contributed by atoms with Crippen molar-refractivity contribution < 1.29 is 4.74 Å².